The molecule has 1 unspecified atom stereocenters. The minimum Gasteiger partial charge on any atom is -0.350 e. The molecule has 1 atom stereocenters. The lowest BCUT2D eigenvalue weighted by atomic mass is 9.99. The molecule has 0 radical (unpaired) electrons. The van der Waals surface area contributed by atoms with E-state index in [9.17, 15) is 19.3 Å². The molecule has 0 aliphatic carbocycles. The Hall–Kier alpha value is -1.69. The largest absolute Gasteiger partial charge is 0.350 e. The lowest BCUT2D eigenvalue weighted by molar-refractivity contribution is -0.385. The summed E-state index contributed by atoms with van der Waals surface area (Å²) in [6.07, 6.45) is 1.79. The van der Waals surface area contributed by atoms with Crippen LogP contribution in [0.1, 0.15) is 37.0 Å². The fourth-order valence-corrected chi connectivity index (χ4v) is 2.49. The highest BCUT2D eigenvalue weighted by atomic mass is 35.5. The summed E-state index contributed by atoms with van der Waals surface area (Å²) in [5, 5.41) is 12.8. The van der Waals surface area contributed by atoms with Crippen LogP contribution in [0, 0.1) is 21.8 Å². The topological polar surface area (TPSA) is 72.2 Å². The highest BCUT2D eigenvalue weighted by Crippen LogP contribution is 2.19. The molecule has 0 aliphatic rings. The van der Waals surface area contributed by atoms with Crippen LogP contribution in [0.15, 0.2) is 18.2 Å². The van der Waals surface area contributed by atoms with E-state index in [1.54, 1.807) is 0 Å². The van der Waals surface area contributed by atoms with Crippen LogP contribution in [0.2, 0.25) is 0 Å². The normalized spacial score (nSPS) is 12.2. The lowest BCUT2D eigenvalue weighted by Crippen LogP contribution is -2.33. The summed E-state index contributed by atoms with van der Waals surface area (Å²) in [5.74, 6) is -1.27. The van der Waals surface area contributed by atoms with E-state index in [4.69, 9.17) is 11.6 Å². The fraction of sp³-hybridized carbons (Fsp3) is 0.500. The van der Waals surface area contributed by atoms with E-state index in [1.807, 2.05) is 13.8 Å². The number of benzene rings is 1. The third kappa shape index (κ3) is 4.67. The number of nitro groups is 1. The van der Waals surface area contributed by atoms with Gasteiger partial charge in [0.1, 0.15) is 5.82 Å². The Bertz CT molecular complexity index is 521. The fourth-order valence-electron chi connectivity index (χ4n) is 2.05. The number of hydrogen-bond donors (Lipinski definition) is 1. The zero-order valence-electron chi connectivity index (χ0n) is 11.9. The molecule has 1 aromatic carbocycles. The number of nitro benzene ring substituents is 1. The van der Waals surface area contributed by atoms with Crippen molar-refractivity contribution < 1.29 is 14.1 Å². The maximum absolute atomic E-state index is 13.7. The standard InChI is InChI=1S/C14H18ClFN2O3/c1-3-9(4-2)12(15)8-17-14(19)11-6-5-10(18(20)21)7-13(11)16/h5-7,9,12H,3-4,8H2,1-2H3,(H,17,19). The Morgan fingerprint density at radius 1 is 1.43 bits per heavy atom. The van der Waals surface area contributed by atoms with Gasteiger partial charge in [0.15, 0.2) is 0 Å². The Balaban J connectivity index is 2.70. The van der Waals surface area contributed by atoms with E-state index in [0.717, 1.165) is 31.0 Å². The summed E-state index contributed by atoms with van der Waals surface area (Å²) in [5.41, 5.74) is -0.620. The van der Waals surface area contributed by atoms with Crippen molar-refractivity contribution in [3.63, 3.8) is 0 Å². The van der Waals surface area contributed by atoms with Crippen LogP contribution >= 0.6 is 11.6 Å². The minimum absolute atomic E-state index is 0.225. The molecule has 21 heavy (non-hydrogen) atoms. The smallest absolute Gasteiger partial charge is 0.272 e. The maximum Gasteiger partial charge on any atom is 0.272 e. The molecule has 0 bridgehead atoms. The van der Waals surface area contributed by atoms with E-state index in [-0.39, 0.29) is 23.4 Å². The van der Waals surface area contributed by atoms with Crippen molar-refractivity contribution in [3.8, 4) is 0 Å². The van der Waals surface area contributed by atoms with Gasteiger partial charge in [-0.15, -0.1) is 11.6 Å². The minimum atomic E-state index is -0.921. The summed E-state index contributed by atoms with van der Waals surface area (Å²) in [6.45, 7) is 4.26. The van der Waals surface area contributed by atoms with Crippen molar-refractivity contribution in [2.45, 2.75) is 32.1 Å². The van der Waals surface area contributed by atoms with Gasteiger partial charge in [-0.25, -0.2) is 4.39 Å². The zero-order valence-corrected chi connectivity index (χ0v) is 12.7. The van der Waals surface area contributed by atoms with Gasteiger partial charge in [0.2, 0.25) is 0 Å². The molecule has 1 aromatic rings. The molecule has 1 amide bonds. The molecule has 0 fully saturated rings. The van der Waals surface area contributed by atoms with Gasteiger partial charge in [0, 0.05) is 12.6 Å². The van der Waals surface area contributed by atoms with Crippen LogP contribution in [0.4, 0.5) is 10.1 Å². The zero-order chi connectivity index (χ0) is 16.0. The molecule has 0 heterocycles. The summed E-state index contributed by atoms with van der Waals surface area (Å²) in [7, 11) is 0. The quantitative estimate of drug-likeness (QED) is 0.475. The van der Waals surface area contributed by atoms with E-state index in [0.29, 0.717) is 0 Å². The first-order chi connectivity index (χ1) is 9.90. The van der Waals surface area contributed by atoms with Gasteiger partial charge in [-0.2, -0.15) is 0 Å². The van der Waals surface area contributed by atoms with Gasteiger partial charge in [-0.3, -0.25) is 14.9 Å². The van der Waals surface area contributed by atoms with Crippen LogP contribution in [0.25, 0.3) is 0 Å². The van der Waals surface area contributed by atoms with Crippen molar-refractivity contribution in [2.75, 3.05) is 6.54 Å². The van der Waals surface area contributed by atoms with Crippen LogP contribution in [0.5, 0.6) is 0 Å². The van der Waals surface area contributed by atoms with Crippen LogP contribution < -0.4 is 5.32 Å². The van der Waals surface area contributed by atoms with E-state index in [2.05, 4.69) is 5.32 Å². The molecule has 5 nitrogen and oxygen atoms in total. The first-order valence-electron chi connectivity index (χ1n) is 6.76. The van der Waals surface area contributed by atoms with Crippen molar-refractivity contribution in [1.29, 1.82) is 0 Å². The predicted molar refractivity (Wildman–Crippen MR) is 79.1 cm³/mol. The Labute approximate surface area is 127 Å². The molecule has 0 aliphatic heterocycles. The lowest BCUT2D eigenvalue weighted by Gasteiger charge is -2.19. The summed E-state index contributed by atoms with van der Waals surface area (Å²) in [6, 6.07) is 2.92. The first-order valence-corrected chi connectivity index (χ1v) is 7.20. The Kier molecular flexibility index (Phi) is 6.55. The Morgan fingerprint density at radius 3 is 2.52 bits per heavy atom. The number of nitrogens with one attached hydrogen (secondary N) is 1. The van der Waals surface area contributed by atoms with E-state index in [1.165, 1.54) is 0 Å². The summed E-state index contributed by atoms with van der Waals surface area (Å²) >= 11 is 6.19. The number of carbonyl (C=O) groups is 1. The van der Waals surface area contributed by atoms with Gasteiger partial charge in [-0.1, -0.05) is 26.7 Å². The molecule has 1 N–H and O–H groups in total. The van der Waals surface area contributed by atoms with E-state index < -0.39 is 22.3 Å². The van der Waals surface area contributed by atoms with Gasteiger partial charge in [0.05, 0.1) is 21.9 Å². The average Bonchev–Trinajstić information content (AvgIpc) is 2.45. The third-order valence-electron chi connectivity index (χ3n) is 3.43. The highest BCUT2D eigenvalue weighted by molar-refractivity contribution is 6.21. The number of halogens is 2. The van der Waals surface area contributed by atoms with Crippen molar-refractivity contribution in [1.82, 2.24) is 5.32 Å². The molecule has 1 rings (SSSR count). The summed E-state index contributed by atoms with van der Waals surface area (Å²) in [4.78, 5) is 21.7. The van der Waals surface area contributed by atoms with Gasteiger partial charge in [-0.05, 0) is 12.0 Å². The second-order valence-corrected chi connectivity index (χ2v) is 5.28. The molecular formula is C14H18ClFN2O3. The molecule has 0 aromatic heterocycles. The van der Waals surface area contributed by atoms with Gasteiger partial charge in [0.25, 0.3) is 11.6 Å². The number of hydrogen-bond acceptors (Lipinski definition) is 3. The molecule has 0 saturated carbocycles. The third-order valence-corrected chi connectivity index (χ3v) is 3.94. The monoisotopic (exact) mass is 316 g/mol. The van der Waals surface area contributed by atoms with Gasteiger partial charge >= 0.3 is 0 Å². The molecule has 116 valence electrons. The highest BCUT2D eigenvalue weighted by Gasteiger charge is 2.19. The van der Waals surface area contributed by atoms with Crippen LogP contribution in [-0.4, -0.2) is 22.8 Å². The number of alkyl halides is 1. The number of carbonyl (C=O) groups excluding carboxylic acids is 1. The first kappa shape index (κ1) is 17.4. The number of nitrogens with zero attached hydrogens (tertiary/aromatic N) is 1. The molecular weight excluding hydrogens is 299 g/mol. The van der Waals surface area contributed by atoms with Crippen LogP contribution in [-0.2, 0) is 0 Å². The number of rotatable bonds is 7. The number of non-ortho nitro benzene ring substituents is 1. The average molecular weight is 317 g/mol. The van der Waals surface area contributed by atoms with Crippen molar-refractivity contribution in [3.05, 3.63) is 39.7 Å². The molecule has 7 heteroatoms. The van der Waals surface area contributed by atoms with Crippen molar-refractivity contribution >= 4 is 23.2 Å². The van der Waals surface area contributed by atoms with Crippen molar-refractivity contribution in [2.24, 2.45) is 5.92 Å². The van der Waals surface area contributed by atoms with E-state index >= 15 is 0 Å². The SMILES string of the molecule is CCC(CC)C(Cl)CNC(=O)c1ccc([N+](=O)[O-])cc1F. The number of amides is 1. The summed E-state index contributed by atoms with van der Waals surface area (Å²) < 4.78 is 13.7. The predicted octanol–water partition coefficient (Wildman–Crippen LogP) is 3.51. The molecule has 0 spiro atoms. The van der Waals surface area contributed by atoms with Gasteiger partial charge < -0.3 is 5.32 Å². The Morgan fingerprint density at radius 2 is 2.05 bits per heavy atom. The maximum atomic E-state index is 13.7. The second kappa shape index (κ2) is 7.93. The second-order valence-electron chi connectivity index (χ2n) is 4.72. The van der Waals surface area contributed by atoms with Crippen LogP contribution in [0.3, 0.4) is 0 Å². The molecule has 0 saturated heterocycles.